The summed E-state index contributed by atoms with van der Waals surface area (Å²) in [5.41, 5.74) is 3.97. The molecule has 3 aromatic heterocycles. The van der Waals surface area contributed by atoms with E-state index in [4.69, 9.17) is 12.2 Å². The Kier molecular flexibility index (Phi) is 3.50. The van der Waals surface area contributed by atoms with E-state index in [1.54, 1.807) is 18.7 Å². The predicted octanol–water partition coefficient (Wildman–Crippen LogP) is 3.82. The number of benzene rings is 1. The second-order valence-corrected chi connectivity index (χ2v) is 5.91. The van der Waals surface area contributed by atoms with E-state index < -0.39 is 0 Å². The van der Waals surface area contributed by atoms with E-state index in [1.165, 1.54) is 0 Å². The molecule has 0 aliphatic carbocycles. The van der Waals surface area contributed by atoms with Gasteiger partial charge < -0.3 is 14.5 Å². The lowest BCUT2D eigenvalue weighted by Crippen LogP contribution is -2.12. The van der Waals surface area contributed by atoms with E-state index in [-0.39, 0.29) is 0 Å². The Morgan fingerprint density at radius 1 is 1.21 bits per heavy atom. The van der Waals surface area contributed by atoms with Crippen molar-refractivity contribution < 1.29 is 0 Å². The summed E-state index contributed by atoms with van der Waals surface area (Å²) in [5, 5.41) is 0.976. The van der Waals surface area contributed by atoms with Gasteiger partial charge in [0, 0.05) is 37.1 Å². The van der Waals surface area contributed by atoms with Crippen LogP contribution in [0.5, 0.6) is 0 Å². The number of hydrogen-bond acceptors (Lipinski definition) is 5. The second kappa shape index (κ2) is 5.68. The largest absolute Gasteiger partial charge is 0.331 e. The van der Waals surface area contributed by atoms with Crippen LogP contribution >= 0.6 is 12.2 Å². The van der Waals surface area contributed by atoms with E-state index in [2.05, 4.69) is 43.6 Å². The van der Waals surface area contributed by atoms with Crippen LogP contribution in [-0.2, 0) is 6.54 Å². The Bertz CT molecular complexity index is 1080. The van der Waals surface area contributed by atoms with Crippen molar-refractivity contribution in [1.29, 1.82) is 0 Å². The van der Waals surface area contributed by atoms with Crippen molar-refractivity contribution in [3.8, 4) is 0 Å². The van der Waals surface area contributed by atoms with Gasteiger partial charge in [0.15, 0.2) is 4.77 Å². The molecular weight excluding hydrogens is 320 g/mol. The van der Waals surface area contributed by atoms with E-state index in [0.29, 0.717) is 0 Å². The second-order valence-electron chi connectivity index (χ2n) is 5.52. The summed E-state index contributed by atoms with van der Waals surface area (Å²) >= 11 is 5.41. The van der Waals surface area contributed by atoms with Gasteiger partial charge in [-0.2, -0.15) is 0 Å². The minimum atomic E-state index is 0.722. The lowest BCUT2D eigenvalue weighted by molar-refractivity contribution is 0.774. The Morgan fingerprint density at radius 3 is 2.75 bits per heavy atom. The zero-order valence-corrected chi connectivity index (χ0v) is 14.2. The highest BCUT2D eigenvalue weighted by Crippen LogP contribution is 2.30. The van der Waals surface area contributed by atoms with Crippen molar-refractivity contribution in [2.45, 2.75) is 13.5 Å². The van der Waals surface area contributed by atoms with Crippen LogP contribution < -0.4 is 4.90 Å². The molecule has 4 rings (SSSR count). The average molecular weight is 336 g/mol. The first-order valence-electron chi connectivity index (χ1n) is 7.70. The Hall–Kier alpha value is -2.80. The fourth-order valence-corrected chi connectivity index (χ4v) is 3.30. The molecule has 120 valence electrons. The molecule has 0 aliphatic rings. The molecule has 7 heteroatoms. The van der Waals surface area contributed by atoms with Crippen LogP contribution in [0.3, 0.4) is 0 Å². The summed E-state index contributed by atoms with van der Waals surface area (Å²) in [7, 11) is 1.99. The van der Waals surface area contributed by atoms with Crippen molar-refractivity contribution in [1.82, 2.24) is 24.5 Å². The van der Waals surface area contributed by atoms with Crippen molar-refractivity contribution in [2.24, 2.45) is 0 Å². The van der Waals surface area contributed by atoms with Crippen molar-refractivity contribution in [3.63, 3.8) is 0 Å². The molecule has 1 aromatic carbocycles. The SMILES string of the molecule is CCn1c(=S)[nH]c2cc3c(N(C)c4ccncc4)ncnc3cc21. The fourth-order valence-electron chi connectivity index (χ4n) is 2.97. The van der Waals surface area contributed by atoms with Crippen LogP contribution in [0.1, 0.15) is 6.92 Å². The van der Waals surface area contributed by atoms with Crippen LogP contribution in [0.2, 0.25) is 0 Å². The molecule has 6 nitrogen and oxygen atoms in total. The van der Waals surface area contributed by atoms with Gasteiger partial charge in [0.25, 0.3) is 0 Å². The number of hydrogen-bond donors (Lipinski definition) is 1. The number of fused-ring (bicyclic) bond motifs is 2. The zero-order valence-electron chi connectivity index (χ0n) is 13.4. The number of imidazole rings is 1. The normalized spacial score (nSPS) is 11.2. The first-order valence-corrected chi connectivity index (χ1v) is 8.11. The molecule has 1 N–H and O–H groups in total. The molecule has 0 amide bonds. The standard InChI is InChI=1S/C17H16N6S/c1-3-23-15-9-13-12(8-14(15)21-17(23)24)16(20-10-19-13)22(2)11-4-6-18-7-5-11/h4-10H,3H2,1-2H3,(H,21,24). The quantitative estimate of drug-likeness (QED) is 0.576. The predicted molar refractivity (Wildman–Crippen MR) is 98.2 cm³/mol. The summed E-state index contributed by atoms with van der Waals surface area (Å²) in [5.74, 6) is 0.844. The lowest BCUT2D eigenvalue weighted by atomic mass is 10.2. The van der Waals surface area contributed by atoms with Gasteiger partial charge >= 0.3 is 0 Å². The third kappa shape index (κ3) is 2.25. The molecule has 0 bridgehead atoms. The fraction of sp³-hybridized carbons (Fsp3) is 0.176. The van der Waals surface area contributed by atoms with Crippen LogP contribution in [0, 0.1) is 4.77 Å². The number of aryl methyl sites for hydroxylation is 1. The number of aromatic amines is 1. The van der Waals surface area contributed by atoms with Crippen LogP contribution in [0.4, 0.5) is 11.5 Å². The van der Waals surface area contributed by atoms with Gasteiger partial charge in [0.05, 0.1) is 16.6 Å². The third-order valence-electron chi connectivity index (χ3n) is 4.19. The molecule has 0 atom stereocenters. The Labute approximate surface area is 143 Å². The number of nitrogens with one attached hydrogen (secondary N) is 1. The van der Waals surface area contributed by atoms with Crippen LogP contribution in [0.25, 0.3) is 21.9 Å². The highest BCUT2D eigenvalue weighted by Gasteiger charge is 2.13. The molecule has 24 heavy (non-hydrogen) atoms. The number of rotatable bonds is 3. The van der Waals surface area contributed by atoms with Gasteiger partial charge in [0.1, 0.15) is 12.1 Å². The summed E-state index contributed by atoms with van der Waals surface area (Å²) in [6.07, 6.45) is 5.14. The molecule has 4 aromatic rings. The maximum absolute atomic E-state index is 5.41. The van der Waals surface area contributed by atoms with Gasteiger partial charge in [-0.05, 0) is 43.4 Å². The summed E-state index contributed by atoms with van der Waals surface area (Å²) in [6.45, 7) is 2.90. The maximum Gasteiger partial charge on any atom is 0.178 e. The Morgan fingerprint density at radius 2 is 2.00 bits per heavy atom. The number of anilines is 2. The maximum atomic E-state index is 5.41. The molecular formula is C17H16N6S. The monoisotopic (exact) mass is 336 g/mol. The minimum absolute atomic E-state index is 0.722. The summed E-state index contributed by atoms with van der Waals surface area (Å²) < 4.78 is 2.79. The molecule has 3 heterocycles. The first kappa shape index (κ1) is 14.8. The third-order valence-corrected chi connectivity index (χ3v) is 4.52. The van der Waals surface area contributed by atoms with Gasteiger partial charge in [-0.25, -0.2) is 9.97 Å². The molecule has 0 aliphatic heterocycles. The average Bonchev–Trinajstić information content (AvgIpc) is 2.93. The zero-order chi connectivity index (χ0) is 16.7. The highest BCUT2D eigenvalue weighted by atomic mass is 32.1. The van der Waals surface area contributed by atoms with E-state index in [9.17, 15) is 0 Å². The molecule has 0 unspecified atom stereocenters. The summed E-state index contributed by atoms with van der Waals surface area (Å²) in [4.78, 5) is 18.3. The van der Waals surface area contributed by atoms with Gasteiger partial charge in [-0.3, -0.25) is 4.98 Å². The molecule has 0 saturated heterocycles. The van der Waals surface area contributed by atoms with Crippen LogP contribution in [0.15, 0.2) is 43.0 Å². The molecule has 0 fully saturated rings. The van der Waals surface area contributed by atoms with Crippen molar-refractivity contribution in [3.05, 3.63) is 47.8 Å². The van der Waals surface area contributed by atoms with Gasteiger partial charge in [-0.1, -0.05) is 0 Å². The Balaban J connectivity index is 1.97. The minimum Gasteiger partial charge on any atom is -0.331 e. The van der Waals surface area contributed by atoms with E-state index >= 15 is 0 Å². The lowest BCUT2D eigenvalue weighted by Gasteiger charge is -2.19. The molecule has 0 radical (unpaired) electrons. The number of H-pyrrole nitrogens is 1. The first-order chi connectivity index (χ1) is 11.7. The molecule has 0 saturated carbocycles. The van der Waals surface area contributed by atoms with Crippen LogP contribution in [-0.4, -0.2) is 31.6 Å². The molecule has 0 spiro atoms. The van der Waals surface area contributed by atoms with Crippen molar-refractivity contribution >= 4 is 45.7 Å². The van der Waals surface area contributed by atoms with E-state index in [1.807, 2.05) is 24.1 Å². The number of nitrogens with zero attached hydrogens (tertiary/aromatic N) is 5. The van der Waals surface area contributed by atoms with Crippen molar-refractivity contribution in [2.75, 3.05) is 11.9 Å². The topological polar surface area (TPSA) is 62.6 Å². The van der Waals surface area contributed by atoms with Gasteiger partial charge in [-0.15, -0.1) is 0 Å². The number of pyridine rings is 1. The smallest absolute Gasteiger partial charge is 0.178 e. The summed E-state index contributed by atoms with van der Waals surface area (Å²) in [6, 6.07) is 8.03. The van der Waals surface area contributed by atoms with E-state index in [0.717, 1.165) is 44.8 Å². The highest BCUT2D eigenvalue weighted by molar-refractivity contribution is 7.71. The van der Waals surface area contributed by atoms with Gasteiger partial charge in [0.2, 0.25) is 0 Å². The number of aromatic nitrogens is 5.